The van der Waals surface area contributed by atoms with E-state index in [2.05, 4.69) is 27.9 Å². The number of carbonyl (C=O) groups is 1. The number of amides is 1. The molecule has 1 N–H and O–H groups in total. The molecule has 6 heteroatoms. The van der Waals surface area contributed by atoms with Gasteiger partial charge in [-0.1, -0.05) is 0 Å². The van der Waals surface area contributed by atoms with Crippen molar-refractivity contribution in [3.05, 3.63) is 19.9 Å². The molecular formula is C14H20ClIN2OS. The first-order chi connectivity index (χ1) is 9.24. The van der Waals surface area contributed by atoms with Crippen molar-refractivity contribution in [2.75, 3.05) is 19.6 Å². The number of piperidine rings is 1. The number of nitrogens with one attached hydrogen (secondary N) is 1. The molecule has 3 rings (SSSR count). The minimum atomic E-state index is 0. The van der Waals surface area contributed by atoms with Crippen LogP contribution in [0.25, 0.3) is 0 Å². The summed E-state index contributed by atoms with van der Waals surface area (Å²) in [4.78, 5) is 14.4. The Hall–Kier alpha value is 0.150. The van der Waals surface area contributed by atoms with E-state index in [0.717, 1.165) is 37.4 Å². The molecule has 2 saturated heterocycles. The Morgan fingerprint density at radius 1 is 1.35 bits per heavy atom. The zero-order chi connectivity index (χ0) is 13.2. The zero-order valence-electron chi connectivity index (χ0n) is 11.3. The lowest BCUT2D eigenvalue weighted by Gasteiger charge is -2.34. The first kappa shape index (κ1) is 16.5. The number of hydrogen-bond donors (Lipinski definition) is 1. The molecule has 0 bridgehead atoms. The van der Waals surface area contributed by atoms with Crippen molar-refractivity contribution in [2.24, 2.45) is 5.92 Å². The lowest BCUT2D eigenvalue weighted by molar-refractivity contribution is 0.0675. The van der Waals surface area contributed by atoms with Crippen molar-refractivity contribution in [3.8, 4) is 0 Å². The zero-order valence-corrected chi connectivity index (χ0v) is 15.1. The fraction of sp³-hybridized carbons (Fsp3) is 0.643. The van der Waals surface area contributed by atoms with E-state index in [9.17, 15) is 4.79 Å². The monoisotopic (exact) mass is 426 g/mol. The summed E-state index contributed by atoms with van der Waals surface area (Å²) in [7, 11) is 0. The van der Waals surface area contributed by atoms with Gasteiger partial charge in [-0.25, -0.2) is 0 Å². The smallest absolute Gasteiger partial charge is 0.254 e. The van der Waals surface area contributed by atoms with E-state index >= 15 is 0 Å². The molecule has 1 aromatic rings. The number of hydrogen-bond acceptors (Lipinski definition) is 3. The molecule has 0 aromatic carbocycles. The summed E-state index contributed by atoms with van der Waals surface area (Å²) in [6.45, 7) is 3.03. The third-order valence-corrected chi connectivity index (χ3v) is 6.10. The standard InChI is InChI=1S/C14H19IN2OS.ClH/c15-13-8-11(9-19-13)14(18)17-6-3-10(4-7-17)12-2-1-5-16-12;/h8-10,12,16H,1-7H2;1H. The van der Waals surface area contributed by atoms with Gasteiger partial charge in [0.2, 0.25) is 0 Å². The minimum absolute atomic E-state index is 0. The lowest BCUT2D eigenvalue weighted by Crippen LogP contribution is -2.43. The van der Waals surface area contributed by atoms with E-state index < -0.39 is 0 Å². The summed E-state index contributed by atoms with van der Waals surface area (Å²) < 4.78 is 1.19. The van der Waals surface area contributed by atoms with Crippen LogP contribution in [0.1, 0.15) is 36.0 Å². The number of likely N-dealkylation sites (tertiary alicyclic amines) is 1. The van der Waals surface area contributed by atoms with Crippen molar-refractivity contribution in [2.45, 2.75) is 31.7 Å². The predicted molar refractivity (Wildman–Crippen MR) is 93.9 cm³/mol. The second-order valence-electron chi connectivity index (χ2n) is 5.47. The summed E-state index contributed by atoms with van der Waals surface area (Å²) in [5.41, 5.74) is 0.867. The van der Waals surface area contributed by atoms with Crippen LogP contribution in [-0.4, -0.2) is 36.5 Å². The van der Waals surface area contributed by atoms with Crippen LogP contribution in [0.15, 0.2) is 11.4 Å². The summed E-state index contributed by atoms with van der Waals surface area (Å²) >= 11 is 3.92. The van der Waals surface area contributed by atoms with Gasteiger partial charge in [0.05, 0.1) is 8.45 Å². The highest BCUT2D eigenvalue weighted by atomic mass is 127. The van der Waals surface area contributed by atoms with Gasteiger partial charge in [0, 0.05) is 24.5 Å². The Morgan fingerprint density at radius 2 is 2.10 bits per heavy atom. The van der Waals surface area contributed by atoms with Crippen LogP contribution in [0.5, 0.6) is 0 Å². The topological polar surface area (TPSA) is 32.3 Å². The molecule has 0 spiro atoms. The molecule has 3 heterocycles. The highest BCUT2D eigenvalue weighted by Crippen LogP contribution is 2.27. The van der Waals surface area contributed by atoms with Crippen LogP contribution in [0, 0.1) is 8.80 Å². The Morgan fingerprint density at radius 3 is 2.65 bits per heavy atom. The van der Waals surface area contributed by atoms with Gasteiger partial charge >= 0.3 is 0 Å². The molecule has 2 fully saturated rings. The van der Waals surface area contributed by atoms with Crippen LogP contribution in [-0.2, 0) is 0 Å². The van der Waals surface area contributed by atoms with Gasteiger partial charge in [-0.15, -0.1) is 23.7 Å². The number of carbonyl (C=O) groups excluding carboxylic acids is 1. The number of thiophene rings is 1. The molecular weight excluding hydrogens is 407 g/mol. The molecule has 1 amide bonds. The Balaban J connectivity index is 0.00000147. The van der Waals surface area contributed by atoms with Crippen LogP contribution >= 0.6 is 46.3 Å². The summed E-state index contributed by atoms with van der Waals surface area (Å²) in [6, 6.07) is 2.71. The average molecular weight is 427 g/mol. The molecule has 2 aliphatic rings. The predicted octanol–water partition coefficient (Wildman–Crippen LogP) is 3.38. The molecule has 0 aliphatic carbocycles. The van der Waals surface area contributed by atoms with Crippen molar-refractivity contribution in [1.29, 1.82) is 0 Å². The molecule has 112 valence electrons. The number of halogens is 2. The van der Waals surface area contributed by atoms with E-state index in [1.807, 2.05) is 16.3 Å². The quantitative estimate of drug-likeness (QED) is 0.735. The maximum absolute atomic E-state index is 12.4. The van der Waals surface area contributed by atoms with Crippen molar-refractivity contribution in [1.82, 2.24) is 10.2 Å². The summed E-state index contributed by atoms with van der Waals surface area (Å²) in [5, 5.41) is 5.58. The molecule has 20 heavy (non-hydrogen) atoms. The van der Waals surface area contributed by atoms with Gasteiger partial charge in [-0.05, 0) is 66.8 Å². The molecule has 1 unspecified atom stereocenters. The minimum Gasteiger partial charge on any atom is -0.339 e. The SMILES string of the molecule is Cl.O=C(c1csc(I)c1)N1CCC(C2CCCN2)CC1. The van der Waals surface area contributed by atoms with Crippen molar-refractivity contribution in [3.63, 3.8) is 0 Å². The third-order valence-electron chi connectivity index (χ3n) is 4.31. The van der Waals surface area contributed by atoms with E-state index in [1.54, 1.807) is 11.3 Å². The van der Waals surface area contributed by atoms with Gasteiger partial charge in [0.1, 0.15) is 0 Å². The normalized spacial score (nSPS) is 23.6. The fourth-order valence-corrected chi connectivity index (χ4v) is 4.54. The maximum atomic E-state index is 12.4. The number of nitrogens with zero attached hydrogens (tertiary/aromatic N) is 1. The largest absolute Gasteiger partial charge is 0.339 e. The first-order valence-corrected chi connectivity index (χ1v) is 8.96. The third kappa shape index (κ3) is 3.67. The molecule has 3 nitrogen and oxygen atoms in total. The fourth-order valence-electron chi connectivity index (χ4n) is 3.22. The maximum Gasteiger partial charge on any atom is 0.254 e. The summed E-state index contributed by atoms with van der Waals surface area (Å²) in [6.07, 6.45) is 4.95. The Labute approximate surface area is 144 Å². The van der Waals surface area contributed by atoms with Gasteiger partial charge in [-0.2, -0.15) is 0 Å². The molecule has 0 saturated carbocycles. The Bertz CT molecular complexity index is 454. The van der Waals surface area contributed by atoms with Gasteiger partial charge in [0.15, 0.2) is 0 Å². The van der Waals surface area contributed by atoms with E-state index in [4.69, 9.17) is 0 Å². The van der Waals surface area contributed by atoms with E-state index in [1.165, 1.54) is 22.3 Å². The molecule has 1 atom stereocenters. The van der Waals surface area contributed by atoms with Gasteiger partial charge in [-0.3, -0.25) is 4.79 Å². The highest BCUT2D eigenvalue weighted by molar-refractivity contribution is 14.1. The Kier molecular flexibility index (Phi) is 6.13. The van der Waals surface area contributed by atoms with Gasteiger partial charge in [0.25, 0.3) is 5.91 Å². The second-order valence-corrected chi connectivity index (χ2v) is 8.28. The second kappa shape index (κ2) is 7.42. The van der Waals surface area contributed by atoms with E-state index in [-0.39, 0.29) is 18.3 Å². The lowest BCUT2D eigenvalue weighted by atomic mass is 9.88. The van der Waals surface area contributed by atoms with Crippen LogP contribution in [0.2, 0.25) is 0 Å². The van der Waals surface area contributed by atoms with Crippen LogP contribution < -0.4 is 5.32 Å². The number of rotatable bonds is 2. The average Bonchev–Trinajstić information content (AvgIpc) is 3.09. The van der Waals surface area contributed by atoms with Crippen LogP contribution in [0.4, 0.5) is 0 Å². The first-order valence-electron chi connectivity index (χ1n) is 7.01. The van der Waals surface area contributed by atoms with E-state index in [0.29, 0.717) is 6.04 Å². The van der Waals surface area contributed by atoms with Crippen molar-refractivity contribution >= 4 is 52.2 Å². The molecule has 2 aliphatic heterocycles. The van der Waals surface area contributed by atoms with Crippen LogP contribution in [0.3, 0.4) is 0 Å². The molecule has 0 radical (unpaired) electrons. The van der Waals surface area contributed by atoms with Gasteiger partial charge < -0.3 is 10.2 Å². The highest BCUT2D eigenvalue weighted by Gasteiger charge is 2.30. The van der Waals surface area contributed by atoms with Crippen molar-refractivity contribution < 1.29 is 4.79 Å². The summed E-state index contributed by atoms with van der Waals surface area (Å²) in [5.74, 6) is 0.992. The molecule has 1 aromatic heterocycles.